The molecule has 1 amide bonds. The number of ether oxygens (including phenoxy) is 4. The highest BCUT2D eigenvalue weighted by Gasteiger charge is 2.26. The van der Waals surface area contributed by atoms with E-state index in [4.69, 9.17) is 18.9 Å². The molecular formula is C19H21NO5. The second-order valence-corrected chi connectivity index (χ2v) is 5.58. The van der Waals surface area contributed by atoms with Gasteiger partial charge in [-0.2, -0.15) is 0 Å². The van der Waals surface area contributed by atoms with Crippen LogP contribution in [0.25, 0.3) is 0 Å². The van der Waals surface area contributed by atoms with E-state index in [1.807, 2.05) is 36.4 Å². The number of para-hydroxylation sites is 2. The van der Waals surface area contributed by atoms with Gasteiger partial charge in [0.25, 0.3) is 5.91 Å². The first-order valence-corrected chi connectivity index (χ1v) is 8.08. The Morgan fingerprint density at radius 2 is 1.96 bits per heavy atom. The van der Waals surface area contributed by atoms with E-state index in [0.29, 0.717) is 24.5 Å². The van der Waals surface area contributed by atoms with E-state index >= 15 is 0 Å². The topological polar surface area (TPSA) is 66.0 Å². The SMILES string of the molecule is COc1ccc(OC)c(CCNC(=O)C2COc3ccccc3O2)c1. The van der Waals surface area contributed by atoms with Crippen molar-refractivity contribution in [1.29, 1.82) is 0 Å². The summed E-state index contributed by atoms with van der Waals surface area (Å²) in [5.41, 5.74) is 0.966. The summed E-state index contributed by atoms with van der Waals surface area (Å²) in [7, 11) is 3.24. The molecule has 6 nitrogen and oxygen atoms in total. The van der Waals surface area contributed by atoms with Crippen LogP contribution in [0.3, 0.4) is 0 Å². The number of benzene rings is 2. The molecule has 0 saturated carbocycles. The van der Waals surface area contributed by atoms with Gasteiger partial charge in [-0.1, -0.05) is 12.1 Å². The molecule has 0 bridgehead atoms. The zero-order chi connectivity index (χ0) is 17.6. The smallest absolute Gasteiger partial charge is 0.264 e. The van der Waals surface area contributed by atoms with Crippen molar-refractivity contribution >= 4 is 5.91 Å². The third-order valence-corrected chi connectivity index (χ3v) is 3.98. The molecule has 6 heteroatoms. The minimum absolute atomic E-state index is 0.198. The van der Waals surface area contributed by atoms with Crippen molar-refractivity contribution in [3.63, 3.8) is 0 Å². The number of methoxy groups -OCH3 is 2. The van der Waals surface area contributed by atoms with Crippen molar-refractivity contribution < 1.29 is 23.7 Å². The summed E-state index contributed by atoms with van der Waals surface area (Å²) in [6.45, 7) is 0.662. The molecule has 1 aliphatic rings. The Labute approximate surface area is 146 Å². The van der Waals surface area contributed by atoms with E-state index in [0.717, 1.165) is 17.1 Å². The molecule has 0 saturated heterocycles. The van der Waals surface area contributed by atoms with Gasteiger partial charge in [0.1, 0.15) is 18.1 Å². The Kier molecular flexibility index (Phi) is 5.28. The van der Waals surface area contributed by atoms with Crippen LogP contribution in [0.5, 0.6) is 23.0 Å². The van der Waals surface area contributed by atoms with Crippen LogP contribution in [0, 0.1) is 0 Å². The molecule has 0 fully saturated rings. The molecule has 1 aliphatic heterocycles. The third kappa shape index (κ3) is 3.96. The van der Waals surface area contributed by atoms with E-state index in [9.17, 15) is 4.79 Å². The molecule has 1 unspecified atom stereocenters. The monoisotopic (exact) mass is 343 g/mol. The second kappa shape index (κ2) is 7.79. The van der Waals surface area contributed by atoms with Crippen molar-refractivity contribution in [2.75, 3.05) is 27.4 Å². The van der Waals surface area contributed by atoms with Gasteiger partial charge in [-0.15, -0.1) is 0 Å². The Bertz CT molecular complexity index is 746. The van der Waals surface area contributed by atoms with Crippen molar-refractivity contribution in [3.8, 4) is 23.0 Å². The van der Waals surface area contributed by atoms with Gasteiger partial charge in [-0.05, 0) is 42.3 Å². The minimum Gasteiger partial charge on any atom is -0.497 e. The van der Waals surface area contributed by atoms with Gasteiger partial charge in [-0.25, -0.2) is 0 Å². The van der Waals surface area contributed by atoms with Gasteiger partial charge in [0.15, 0.2) is 11.5 Å². The Hall–Kier alpha value is -2.89. The first kappa shape index (κ1) is 17.0. The molecule has 25 heavy (non-hydrogen) atoms. The molecule has 2 aromatic rings. The first-order valence-electron chi connectivity index (χ1n) is 8.08. The van der Waals surface area contributed by atoms with E-state index in [1.54, 1.807) is 20.3 Å². The number of carbonyl (C=O) groups is 1. The molecule has 0 aromatic heterocycles. The summed E-state index contributed by atoms with van der Waals surface area (Å²) >= 11 is 0. The maximum absolute atomic E-state index is 12.3. The van der Waals surface area contributed by atoms with Crippen LogP contribution in [0.2, 0.25) is 0 Å². The van der Waals surface area contributed by atoms with Crippen molar-refractivity contribution in [2.45, 2.75) is 12.5 Å². The molecule has 1 N–H and O–H groups in total. The molecule has 0 spiro atoms. The average molecular weight is 343 g/mol. The normalized spacial score (nSPS) is 15.4. The standard InChI is InChI=1S/C19H21NO5/c1-22-14-7-8-15(23-2)13(11-14)9-10-20-19(21)18-12-24-16-5-3-4-6-17(16)25-18/h3-8,11,18H,9-10,12H2,1-2H3,(H,20,21). The van der Waals surface area contributed by atoms with Crippen LogP contribution in [0.4, 0.5) is 0 Å². The lowest BCUT2D eigenvalue weighted by Crippen LogP contribution is -2.44. The Balaban J connectivity index is 1.55. The van der Waals surface area contributed by atoms with Crippen LogP contribution in [0.15, 0.2) is 42.5 Å². The fraction of sp³-hybridized carbons (Fsp3) is 0.316. The minimum atomic E-state index is -0.651. The zero-order valence-electron chi connectivity index (χ0n) is 14.3. The maximum Gasteiger partial charge on any atom is 0.264 e. The number of hydrogen-bond acceptors (Lipinski definition) is 5. The molecule has 132 valence electrons. The summed E-state index contributed by atoms with van der Waals surface area (Å²) in [5.74, 6) is 2.57. The largest absolute Gasteiger partial charge is 0.497 e. The van der Waals surface area contributed by atoms with E-state index in [1.165, 1.54) is 0 Å². The lowest BCUT2D eigenvalue weighted by atomic mass is 10.1. The van der Waals surface area contributed by atoms with Crippen LogP contribution in [0.1, 0.15) is 5.56 Å². The van der Waals surface area contributed by atoms with Crippen molar-refractivity contribution in [3.05, 3.63) is 48.0 Å². The summed E-state index contributed by atoms with van der Waals surface area (Å²) in [5, 5.41) is 2.88. The number of fused-ring (bicyclic) bond motifs is 1. The van der Waals surface area contributed by atoms with Crippen LogP contribution in [-0.4, -0.2) is 39.4 Å². The summed E-state index contributed by atoms with van der Waals surface area (Å²) < 4.78 is 21.8. The molecule has 1 heterocycles. The number of hydrogen-bond donors (Lipinski definition) is 1. The molecule has 3 rings (SSSR count). The first-order chi connectivity index (χ1) is 12.2. The number of carbonyl (C=O) groups excluding carboxylic acids is 1. The highest BCUT2D eigenvalue weighted by Crippen LogP contribution is 2.30. The quantitative estimate of drug-likeness (QED) is 0.871. The van der Waals surface area contributed by atoms with Gasteiger partial charge in [0, 0.05) is 6.54 Å². The van der Waals surface area contributed by atoms with Gasteiger partial charge >= 0.3 is 0 Å². The lowest BCUT2D eigenvalue weighted by Gasteiger charge is -2.25. The summed E-state index contributed by atoms with van der Waals surface area (Å²) in [6, 6.07) is 12.9. The summed E-state index contributed by atoms with van der Waals surface area (Å²) in [4.78, 5) is 12.3. The molecule has 0 aliphatic carbocycles. The predicted octanol–water partition coefficient (Wildman–Crippen LogP) is 2.20. The fourth-order valence-electron chi connectivity index (χ4n) is 2.66. The third-order valence-electron chi connectivity index (χ3n) is 3.98. The highest BCUT2D eigenvalue weighted by atomic mass is 16.6. The maximum atomic E-state index is 12.3. The van der Waals surface area contributed by atoms with Gasteiger partial charge < -0.3 is 24.3 Å². The highest BCUT2D eigenvalue weighted by molar-refractivity contribution is 5.81. The summed E-state index contributed by atoms with van der Waals surface area (Å²) in [6.07, 6.45) is -0.0295. The molecule has 1 atom stereocenters. The number of nitrogens with one attached hydrogen (secondary N) is 1. The van der Waals surface area contributed by atoms with Crippen molar-refractivity contribution in [1.82, 2.24) is 5.32 Å². The molecule has 0 radical (unpaired) electrons. The van der Waals surface area contributed by atoms with Crippen LogP contribution in [-0.2, 0) is 11.2 Å². The van der Waals surface area contributed by atoms with Gasteiger partial charge in [-0.3, -0.25) is 4.79 Å². The van der Waals surface area contributed by atoms with Gasteiger partial charge in [0.05, 0.1) is 14.2 Å². The molecule has 2 aromatic carbocycles. The average Bonchev–Trinajstić information content (AvgIpc) is 2.67. The zero-order valence-corrected chi connectivity index (χ0v) is 14.3. The number of rotatable bonds is 6. The number of amides is 1. The van der Waals surface area contributed by atoms with Crippen LogP contribution < -0.4 is 24.3 Å². The van der Waals surface area contributed by atoms with Crippen molar-refractivity contribution in [2.24, 2.45) is 0 Å². The van der Waals surface area contributed by atoms with E-state index < -0.39 is 6.10 Å². The van der Waals surface area contributed by atoms with Gasteiger partial charge in [0.2, 0.25) is 6.10 Å². The Morgan fingerprint density at radius 1 is 1.16 bits per heavy atom. The predicted molar refractivity (Wildman–Crippen MR) is 92.6 cm³/mol. The fourth-order valence-corrected chi connectivity index (χ4v) is 2.66. The van der Waals surface area contributed by atoms with E-state index in [-0.39, 0.29) is 12.5 Å². The molecular weight excluding hydrogens is 322 g/mol. The lowest BCUT2D eigenvalue weighted by molar-refractivity contribution is -0.130. The Morgan fingerprint density at radius 3 is 2.72 bits per heavy atom. The van der Waals surface area contributed by atoms with Crippen LogP contribution >= 0.6 is 0 Å². The second-order valence-electron chi connectivity index (χ2n) is 5.58. The van der Waals surface area contributed by atoms with E-state index in [2.05, 4.69) is 5.32 Å².